The third-order valence-corrected chi connectivity index (χ3v) is 9.23. The monoisotopic (exact) mass is 467 g/mol. The van der Waals surface area contributed by atoms with Crippen LogP contribution in [0.1, 0.15) is 67.4 Å². The molecule has 0 radical (unpaired) electrons. The number of hydrogen-bond donors (Lipinski definition) is 1. The first-order valence-electron chi connectivity index (χ1n) is 11.8. The number of ketones is 1. The summed E-state index contributed by atoms with van der Waals surface area (Å²) in [6, 6.07) is 5.46. The Bertz CT molecular complexity index is 1130. The first kappa shape index (κ1) is 22.2. The molecule has 1 N–H and O–H groups in total. The average molecular weight is 468 g/mol. The Morgan fingerprint density at radius 3 is 2.91 bits per heavy atom. The molecule has 1 amide bonds. The van der Waals surface area contributed by atoms with Gasteiger partial charge in [0.25, 0.3) is 5.69 Å². The number of thiazole rings is 1. The molecule has 0 aliphatic heterocycles. The minimum Gasteiger partial charge on any atom is -0.302 e. The van der Waals surface area contributed by atoms with Crippen molar-refractivity contribution < 1.29 is 14.5 Å². The SMILES string of the molecule is Cc1cnc(NC(=O)CCC2CC(=O)C3(C)CCC4c5cccc([N+](=O)[O-])c5CCC4C23)s1. The molecule has 0 saturated heterocycles. The second-order valence-corrected chi connectivity index (χ2v) is 11.4. The minimum absolute atomic E-state index is 0.0534. The van der Waals surface area contributed by atoms with Gasteiger partial charge >= 0.3 is 0 Å². The van der Waals surface area contributed by atoms with Crippen molar-refractivity contribution in [1.29, 1.82) is 0 Å². The summed E-state index contributed by atoms with van der Waals surface area (Å²) in [6.45, 7) is 4.08. The van der Waals surface area contributed by atoms with Crippen LogP contribution in [-0.2, 0) is 16.0 Å². The third kappa shape index (κ3) is 3.78. The van der Waals surface area contributed by atoms with Gasteiger partial charge in [0.05, 0.1) is 4.92 Å². The van der Waals surface area contributed by atoms with Gasteiger partial charge in [-0.2, -0.15) is 0 Å². The smallest absolute Gasteiger partial charge is 0.272 e. The molecule has 8 heteroatoms. The summed E-state index contributed by atoms with van der Waals surface area (Å²) < 4.78 is 0. The van der Waals surface area contributed by atoms with Gasteiger partial charge in [-0.25, -0.2) is 4.98 Å². The molecule has 5 rings (SSSR count). The topological polar surface area (TPSA) is 102 Å². The van der Waals surface area contributed by atoms with Crippen LogP contribution in [0.15, 0.2) is 24.4 Å². The lowest BCUT2D eigenvalue weighted by molar-refractivity contribution is -0.385. The van der Waals surface area contributed by atoms with E-state index in [1.165, 1.54) is 11.3 Å². The van der Waals surface area contributed by atoms with E-state index in [2.05, 4.69) is 23.3 Å². The van der Waals surface area contributed by atoms with Crippen molar-refractivity contribution in [3.63, 3.8) is 0 Å². The van der Waals surface area contributed by atoms with Crippen molar-refractivity contribution in [3.8, 4) is 0 Å². The van der Waals surface area contributed by atoms with E-state index < -0.39 is 0 Å². The van der Waals surface area contributed by atoms with Gasteiger partial charge in [0, 0.05) is 41.0 Å². The highest BCUT2D eigenvalue weighted by atomic mass is 32.1. The predicted molar refractivity (Wildman–Crippen MR) is 126 cm³/mol. The van der Waals surface area contributed by atoms with Crippen LogP contribution < -0.4 is 5.32 Å². The maximum Gasteiger partial charge on any atom is 0.272 e. The van der Waals surface area contributed by atoms with Gasteiger partial charge in [0.1, 0.15) is 5.78 Å². The summed E-state index contributed by atoms with van der Waals surface area (Å²) in [7, 11) is 0. The normalized spacial score (nSPS) is 30.3. The number of nitro groups is 1. The number of amides is 1. The van der Waals surface area contributed by atoms with Gasteiger partial charge in [-0.15, -0.1) is 11.3 Å². The summed E-state index contributed by atoms with van der Waals surface area (Å²) in [6.07, 6.45) is 6.62. The van der Waals surface area contributed by atoms with Gasteiger partial charge in [-0.05, 0) is 68.3 Å². The number of anilines is 1. The fraction of sp³-hybridized carbons (Fsp3) is 0.560. The molecule has 1 heterocycles. The first-order valence-corrected chi connectivity index (χ1v) is 12.6. The minimum atomic E-state index is -0.340. The maximum atomic E-state index is 13.1. The number of Topliss-reactive ketones (excluding diaryl/α,β-unsaturated/α-hetero) is 1. The Morgan fingerprint density at radius 1 is 1.36 bits per heavy atom. The van der Waals surface area contributed by atoms with Gasteiger partial charge in [-0.1, -0.05) is 19.1 Å². The number of hydrogen-bond acceptors (Lipinski definition) is 6. The van der Waals surface area contributed by atoms with E-state index >= 15 is 0 Å². The number of nitro benzene ring substituents is 1. The Morgan fingerprint density at radius 2 is 2.18 bits per heavy atom. The number of nitrogens with zero attached hydrogens (tertiary/aromatic N) is 2. The molecule has 1 aromatic heterocycles. The molecule has 0 bridgehead atoms. The lowest BCUT2D eigenvalue weighted by atomic mass is 9.54. The number of aromatic nitrogens is 1. The zero-order valence-corrected chi connectivity index (χ0v) is 19.8. The number of nitrogens with one attached hydrogen (secondary N) is 1. The molecule has 7 nitrogen and oxygen atoms in total. The van der Waals surface area contributed by atoms with E-state index in [4.69, 9.17) is 0 Å². The molecule has 2 aromatic rings. The van der Waals surface area contributed by atoms with Crippen molar-refractivity contribution in [3.05, 3.63) is 50.5 Å². The molecule has 3 aliphatic rings. The first-order chi connectivity index (χ1) is 15.8. The average Bonchev–Trinajstić information content (AvgIpc) is 3.31. The van der Waals surface area contributed by atoms with E-state index in [1.807, 2.05) is 6.92 Å². The number of benzene rings is 1. The molecular formula is C25H29N3O4S. The summed E-state index contributed by atoms with van der Waals surface area (Å²) in [5, 5.41) is 15.1. The van der Waals surface area contributed by atoms with Crippen LogP contribution in [0.5, 0.6) is 0 Å². The van der Waals surface area contributed by atoms with E-state index in [0.29, 0.717) is 42.5 Å². The summed E-state index contributed by atoms with van der Waals surface area (Å²) >= 11 is 1.46. The molecule has 2 fully saturated rings. The van der Waals surface area contributed by atoms with Gasteiger partial charge in [0.2, 0.25) is 5.91 Å². The lowest BCUT2D eigenvalue weighted by Gasteiger charge is -2.49. The number of aryl methyl sites for hydroxylation is 1. The fourth-order valence-electron chi connectivity index (χ4n) is 7.01. The Hall–Kier alpha value is -2.61. The van der Waals surface area contributed by atoms with Crippen molar-refractivity contribution >= 4 is 33.8 Å². The second kappa shape index (κ2) is 8.31. The summed E-state index contributed by atoms with van der Waals surface area (Å²) in [5.74, 6) is 1.27. The van der Waals surface area contributed by atoms with Crippen LogP contribution in [0.3, 0.4) is 0 Å². The predicted octanol–water partition coefficient (Wildman–Crippen LogP) is 5.43. The highest BCUT2D eigenvalue weighted by Gasteiger charge is 2.58. The summed E-state index contributed by atoms with van der Waals surface area (Å²) in [4.78, 5) is 42.2. The van der Waals surface area contributed by atoms with Gasteiger partial charge in [-0.3, -0.25) is 19.7 Å². The maximum absolute atomic E-state index is 13.1. The second-order valence-electron chi connectivity index (χ2n) is 10.1. The van der Waals surface area contributed by atoms with Gasteiger partial charge in [0.15, 0.2) is 5.13 Å². The molecule has 174 valence electrons. The van der Waals surface area contributed by atoms with E-state index in [-0.39, 0.29) is 39.7 Å². The number of fused-ring (bicyclic) bond motifs is 5. The fourth-order valence-corrected chi connectivity index (χ4v) is 7.69. The zero-order valence-electron chi connectivity index (χ0n) is 19.0. The molecule has 33 heavy (non-hydrogen) atoms. The van der Waals surface area contributed by atoms with Crippen LogP contribution in [0.2, 0.25) is 0 Å². The largest absolute Gasteiger partial charge is 0.302 e. The zero-order chi connectivity index (χ0) is 23.3. The molecular weight excluding hydrogens is 438 g/mol. The van der Waals surface area contributed by atoms with Crippen LogP contribution in [0, 0.1) is 40.2 Å². The molecule has 2 saturated carbocycles. The van der Waals surface area contributed by atoms with E-state index in [0.717, 1.165) is 35.3 Å². The van der Waals surface area contributed by atoms with Crippen molar-refractivity contribution in [2.24, 2.45) is 23.2 Å². The summed E-state index contributed by atoms with van der Waals surface area (Å²) in [5.41, 5.74) is 1.88. The van der Waals surface area contributed by atoms with Crippen molar-refractivity contribution in [2.75, 3.05) is 5.32 Å². The van der Waals surface area contributed by atoms with Crippen LogP contribution >= 0.6 is 11.3 Å². The third-order valence-electron chi connectivity index (χ3n) is 8.40. The Labute approximate surface area is 197 Å². The molecule has 5 atom stereocenters. The number of rotatable bonds is 5. The number of carbonyl (C=O) groups excluding carboxylic acids is 2. The Balaban J connectivity index is 1.36. The molecule has 0 spiro atoms. The van der Waals surface area contributed by atoms with Gasteiger partial charge < -0.3 is 5.32 Å². The Kier molecular flexibility index (Phi) is 5.59. The highest BCUT2D eigenvalue weighted by molar-refractivity contribution is 7.15. The molecule has 5 unspecified atom stereocenters. The molecule has 3 aliphatic carbocycles. The lowest BCUT2D eigenvalue weighted by Crippen LogP contribution is -2.44. The molecule has 1 aromatic carbocycles. The van der Waals surface area contributed by atoms with Crippen LogP contribution in [-0.4, -0.2) is 21.6 Å². The van der Waals surface area contributed by atoms with Crippen LogP contribution in [0.4, 0.5) is 10.8 Å². The van der Waals surface area contributed by atoms with E-state index in [9.17, 15) is 19.7 Å². The van der Waals surface area contributed by atoms with E-state index in [1.54, 1.807) is 18.3 Å². The van der Waals surface area contributed by atoms with Crippen molar-refractivity contribution in [1.82, 2.24) is 4.98 Å². The quantitative estimate of drug-likeness (QED) is 0.467. The number of carbonyl (C=O) groups is 2. The van der Waals surface area contributed by atoms with Crippen LogP contribution in [0.25, 0.3) is 0 Å². The highest BCUT2D eigenvalue weighted by Crippen LogP contribution is 2.62. The standard InChI is InChI=1S/C25H29N3O4S/c1-14-13-26-24(33-14)27-22(30)9-6-15-12-21(29)25(2)11-10-17-16-4-3-5-20(28(31)32)18(16)7-8-19(17)23(15)25/h3-5,13,15,17,19,23H,6-12H2,1-2H3,(H,26,27,30). The van der Waals surface area contributed by atoms with Crippen molar-refractivity contribution in [2.45, 2.75) is 64.7 Å².